The molecular weight excluding hydrogens is 254 g/mol. The summed E-state index contributed by atoms with van der Waals surface area (Å²) in [5.74, 6) is -1.71. The first-order valence-electron chi connectivity index (χ1n) is 5.78. The van der Waals surface area contributed by atoms with Crippen molar-refractivity contribution in [1.29, 1.82) is 0 Å². The van der Waals surface area contributed by atoms with E-state index in [-0.39, 0.29) is 6.04 Å². The van der Waals surface area contributed by atoms with Crippen molar-refractivity contribution < 1.29 is 8.78 Å². The number of hydrogen-bond donors (Lipinski definition) is 1. The summed E-state index contributed by atoms with van der Waals surface area (Å²) >= 11 is 1.45. The third kappa shape index (κ3) is 2.73. The van der Waals surface area contributed by atoms with Crippen molar-refractivity contribution in [2.75, 3.05) is 0 Å². The van der Waals surface area contributed by atoms with E-state index in [1.54, 1.807) is 0 Å². The van der Waals surface area contributed by atoms with Crippen LogP contribution in [0.25, 0.3) is 11.3 Å². The van der Waals surface area contributed by atoms with Gasteiger partial charge >= 0.3 is 0 Å². The molecular formula is C13H14F2N2S. The van der Waals surface area contributed by atoms with E-state index >= 15 is 0 Å². The zero-order valence-electron chi connectivity index (χ0n) is 9.99. The highest BCUT2D eigenvalue weighted by Gasteiger charge is 2.12. The average Bonchev–Trinajstić information content (AvgIpc) is 2.82. The Hall–Kier alpha value is -1.33. The molecule has 1 heterocycles. The molecule has 96 valence electrons. The van der Waals surface area contributed by atoms with Gasteiger partial charge in [-0.3, -0.25) is 0 Å². The molecule has 18 heavy (non-hydrogen) atoms. The second-order valence-corrected chi connectivity index (χ2v) is 4.98. The first kappa shape index (κ1) is 13.1. The number of thiazole rings is 1. The van der Waals surface area contributed by atoms with E-state index in [1.165, 1.54) is 17.4 Å². The van der Waals surface area contributed by atoms with Gasteiger partial charge < -0.3 is 5.73 Å². The van der Waals surface area contributed by atoms with E-state index in [0.29, 0.717) is 11.3 Å². The number of nitrogens with zero attached hydrogens (tertiary/aromatic N) is 1. The Morgan fingerprint density at radius 2 is 2.11 bits per heavy atom. The van der Waals surface area contributed by atoms with Crippen LogP contribution in [0.4, 0.5) is 8.78 Å². The lowest BCUT2D eigenvalue weighted by Crippen LogP contribution is -2.09. The maximum atomic E-state index is 13.1. The molecule has 0 saturated heterocycles. The smallest absolute Gasteiger partial charge is 0.159 e. The number of hydrogen-bond acceptors (Lipinski definition) is 3. The maximum absolute atomic E-state index is 13.1. The topological polar surface area (TPSA) is 38.9 Å². The second-order valence-electron chi connectivity index (χ2n) is 4.10. The van der Waals surface area contributed by atoms with Gasteiger partial charge in [0.15, 0.2) is 11.6 Å². The van der Waals surface area contributed by atoms with Gasteiger partial charge in [-0.1, -0.05) is 13.3 Å². The minimum Gasteiger partial charge on any atom is -0.322 e. The van der Waals surface area contributed by atoms with Crippen molar-refractivity contribution in [1.82, 2.24) is 4.98 Å². The predicted octanol–water partition coefficient (Wildman–Crippen LogP) is 3.89. The van der Waals surface area contributed by atoms with Crippen molar-refractivity contribution in [3.63, 3.8) is 0 Å². The Kier molecular flexibility index (Phi) is 4.04. The van der Waals surface area contributed by atoms with Gasteiger partial charge in [0.1, 0.15) is 5.01 Å². The second kappa shape index (κ2) is 5.54. The third-order valence-corrected chi connectivity index (χ3v) is 3.63. The lowest BCUT2D eigenvalue weighted by molar-refractivity contribution is 0.509. The van der Waals surface area contributed by atoms with Gasteiger partial charge in [0, 0.05) is 10.9 Å². The molecule has 2 aromatic rings. The fourth-order valence-electron chi connectivity index (χ4n) is 1.68. The van der Waals surface area contributed by atoms with Gasteiger partial charge in [-0.15, -0.1) is 11.3 Å². The van der Waals surface area contributed by atoms with Gasteiger partial charge in [0.25, 0.3) is 0 Å². The Bertz CT molecular complexity index is 540. The molecule has 0 spiro atoms. The van der Waals surface area contributed by atoms with Gasteiger partial charge in [-0.05, 0) is 24.6 Å². The van der Waals surface area contributed by atoms with Crippen LogP contribution in [0.15, 0.2) is 23.6 Å². The summed E-state index contributed by atoms with van der Waals surface area (Å²) in [6.45, 7) is 2.06. The summed E-state index contributed by atoms with van der Waals surface area (Å²) in [6, 6.07) is 3.69. The predicted molar refractivity (Wildman–Crippen MR) is 69.3 cm³/mol. The Morgan fingerprint density at radius 3 is 2.78 bits per heavy atom. The van der Waals surface area contributed by atoms with Crippen molar-refractivity contribution in [2.45, 2.75) is 25.8 Å². The van der Waals surface area contributed by atoms with Crippen LogP contribution < -0.4 is 5.73 Å². The summed E-state index contributed by atoms with van der Waals surface area (Å²) in [4.78, 5) is 4.37. The molecule has 2 N–H and O–H groups in total. The molecule has 2 rings (SSSR count). The van der Waals surface area contributed by atoms with Gasteiger partial charge in [0.05, 0.1) is 11.7 Å². The zero-order chi connectivity index (χ0) is 13.1. The van der Waals surface area contributed by atoms with Crippen molar-refractivity contribution in [2.24, 2.45) is 5.73 Å². The highest BCUT2D eigenvalue weighted by molar-refractivity contribution is 7.10. The molecule has 0 aliphatic carbocycles. The van der Waals surface area contributed by atoms with E-state index in [2.05, 4.69) is 11.9 Å². The molecule has 0 bridgehead atoms. The lowest BCUT2D eigenvalue weighted by Gasteiger charge is -2.05. The van der Waals surface area contributed by atoms with E-state index in [0.717, 1.165) is 30.0 Å². The van der Waals surface area contributed by atoms with Crippen LogP contribution >= 0.6 is 11.3 Å². The summed E-state index contributed by atoms with van der Waals surface area (Å²) < 4.78 is 26.0. The summed E-state index contributed by atoms with van der Waals surface area (Å²) in [7, 11) is 0. The van der Waals surface area contributed by atoms with Crippen molar-refractivity contribution >= 4 is 11.3 Å². The standard InChI is InChI=1S/C13H14F2N2S/c1-2-3-11(16)13-17-12(7-18-13)8-4-5-9(14)10(15)6-8/h4-7,11H,2-3,16H2,1H3. The Labute approximate surface area is 108 Å². The van der Waals surface area contributed by atoms with Crippen LogP contribution in [-0.2, 0) is 0 Å². The normalized spacial score (nSPS) is 12.7. The monoisotopic (exact) mass is 268 g/mol. The molecule has 0 radical (unpaired) electrons. The molecule has 5 heteroatoms. The fraction of sp³-hybridized carbons (Fsp3) is 0.308. The van der Waals surface area contributed by atoms with E-state index in [1.807, 2.05) is 5.38 Å². The quantitative estimate of drug-likeness (QED) is 0.913. The highest BCUT2D eigenvalue weighted by Crippen LogP contribution is 2.27. The number of halogens is 2. The van der Waals surface area contributed by atoms with Gasteiger partial charge in [-0.2, -0.15) is 0 Å². The molecule has 0 aliphatic heterocycles. The number of benzene rings is 1. The number of rotatable bonds is 4. The zero-order valence-corrected chi connectivity index (χ0v) is 10.8. The molecule has 0 fully saturated rings. The van der Waals surface area contributed by atoms with E-state index in [4.69, 9.17) is 5.73 Å². The minimum absolute atomic E-state index is 0.0842. The molecule has 1 atom stereocenters. The minimum atomic E-state index is -0.861. The molecule has 0 aliphatic rings. The highest BCUT2D eigenvalue weighted by atomic mass is 32.1. The fourth-order valence-corrected chi connectivity index (χ4v) is 2.55. The molecule has 0 saturated carbocycles. The first-order valence-corrected chi connectivity index (χ1v) is 6.66. The lowest BCUT2D eigenvalue weighted by atomic mass is 10.1. The van der Waals surface area contributed by atoms with Crippen LogP contribution in [0, 0.1) is 11.6 Å². The molecule has 1 aromatic carbocycles. The van der Waals surface area contributed by atoms with Crippen LogP contribution in [0.1, 0.15) is 30.8 Å². The van der Waals surface area contributed by atoms with Crippen LogP contribution in [0.5, 0.6) is 0 Å². The summed E-state index contributed by atoms with van der Waals surface area (Å²) in [5, 5.41) is 2.65. The number of nitrogens with two attached hydrogens (primary N) is 1. The summed E-state index contributed by atoms with van der Waals surface area (Å²) in [5.41, 5.74) is 7.17. The van der Waals surface area contributed by atoms with Crippen molar-refractivity contribution in [3.8, 4) is 11.3 Å². The molecule has 1 unspecified atom stereocenters. The van der Waals surface area contributed by atoms with Crippen molar-refractivity contribution in [3.05, 3.63) is 40.2 Å². The van der Waals surface area contributed by atoms with E-state index in [9.17, 15) is 8.78 Å². The van der Waals surface area contributed by atoms with Crippen LogP contribution in [-0.4, -0.2) is 4.98 Å². The largest absolute Gasteiger partial charge is 0.322 e. The maximum Gasteiger partial charge on any atom is 0.159 e. The SMILES string of the molecule is CCCC(N)c1nc(-c2ccc(F)c(F)c2)cs1. The van der Waals surface area contributed by atoms with Crippen LogP contribution in [0.3, 0.4) is 0 Å². The Morgan fingerprint density at radius 1 is 1.33 bits per heavy atom. The molecule has 2 nitrogen and oxygen atoms in total. The van der Waals surface area contributed by atoms with E-state index < -0.39 is 11.6 Å². The molecule has 1 aromatic heterocycles. The first-order chi connectivity index (χ1) is 8.61. The van der Waals surface area contributed by atoms with Crippen LogP contribution in [0.2, 0.25) is 0 Å². The molecule has 0 amide bonds. The average molecular weight is 268 g/mol. The van der Waals surface area contributed by atoms with Gasteiger partial charge in [-0.25, -0.2) is 13.8 Å². The number of aromatic nitrogens is 1. The third-order valence-electron chi connectivity index (χ3n) is 2.65. The Balaban J connectivity index is 2.26. The summed E-state index contributed by atoms with van der Waals surface area (Å²) in [6.07, 6.45) is 1.85. The van der Waals surface area contributed by atoms with Gasteiger partial charge in [0.2, 0.25) is 0 Å².